The zero-order chi connectivity index (χ0) is 17.6. The Kier molecular flexibility index (Phi) is 3.60. The van der Waals surface area contributed by atoms with Gasteiger partial charge in [0.2, 0.25) is 5.91 Å². The minimum absolute atomic E-state index is 0.00776. The molecule has 126 valence electrons. The summed E-state index contributed by atoms with van der Waals surface area (Å²) in [5, 5.41) is 12.0. The molecule has 1 aliphatic rings. The van der Waals surface area contributed by atoms with Gasteiger partial charge >= 0.3 is 0 Å². The number of nitrogens with two attached hydrogens (primary N) is 1. The van der Waals surface area contributed by atoms with Crippen molar-refractivity contribution in [2.24, 2.45) is 11.8 Å². The van der Waals surface area contributed by atoms with Gasteiger partial charge in [-0.05, 0) is 54.7 Å². The van der Waals surface area contributed by atoms with Gasteiger partial charge in [0.05, 0.1) is 5.69 Å². The molecule has 1 amide bonds. The molecule has 1 saturated carbocycles. The van der Waals surface area contributed by atoms with Crippen molar-refractivity contribution in [1.29, 1.82) is 0 Å². The van der Waals surface area contributed by atoms with Crippen molar-refractivity contribution in [3.63, 3.8) is 0 Å². The van der Waals surface area contributed by atoms with Crippen molar-refractivity contribution in [1.82, 2.24) is 15.2 Å². The number of benzene rings is 1. The van der Waals surface area contributed by atoms with Crippen LogP contribution in [0.2, 0.25) is 0 Å². The minimum atomic E-state index is 0.00776. The largest absolute Gasteiger partial charge is 0.397 e. The van der Waals surface area contributed by atoms with E-state index in [9.17, 15) is 4.79 Å². The molecule has 6 nitrogen and oxygen atoms in total. The summed E-state index contributed by atoms with van der Waals surface area (Å²) in [5.41, 5.74) is 10.4. The molecule has 2 heterocycles. The number of rotatable bonds is 3. The summed E-state index contributed by atoms with van der Waals surface area (Å²) >= 11 is 0. The number of carbonyl (C=O) groups excluding carboxylic acids is 1. The molecule has 0 aliphatic heterocycles. The first kappa shape index (κ1) is 15.5. The smallest absolute Gasteiger partial charge is 0.228 e. The van der Waals surface area contributed by atoms with E-state index < -0.39 is 0 Å². The fourth-order valence-corrected chi connectivity index (χ4v) is 3.07. The lowest BCUT2D eigenvalue weighted by Gasteiger charge is -2.10. The third kappa shape index (κ3) is 2.91. The molecule has 0 spiro atoms. The van der Waals surface area contributed by atoms with Gasteiger partial charge in [0.25, 0.3) is 0 Å². The van der Waals surface area contributed by atoms with Gasteiger partial charge in [0.1, 0.15) is 5.52 Å². The first-order valence-electron chi connectivity index (χ1n) is 8.32. The highest BCUT2D eigenvalue weighted by atomic mass is 16.2. The highest BCUT2D eigenvalue weighted by Crippen LogP contribution is 2.38. The van der Waals surface area contributed by atoms with Crippen molar-refractivity contribution in [2.75, 3.05) is 11.1 Å². The molecule has 0 unspecified atom stereocenters. The Morgan fingerprint density at radius 3 is 2.80 bits per heavy atom. The van der Waals surface area contributed by atoms with Crippen LogP contribution in [0.3, 0.4) is 0 Å². The zero-order valence-electron chi connectivity index (χ0n) is 14.2. The van der Waals surface area contributed by atoms with Gasteiger partial charge in [-0.25, -0.2) is 0 Å². The van der Waals surface area contributed by atoms with Crippen molar-refractivity contribution < 1.29 is 4.79 Å². The lowest BCUT2D eigenvalue weighted by molar-refractivity contribution is -0.117. The van der Waals surface area contributed by atoms with E-state index in [2.05, 4.69) is 27.4 Å². The maximum Gasteiger partial charge on any atom is 0.228 e. The average molecular weight is 333 g/mol. The van der Waals surface area contributed by atoms with Crippen molar-refractivity contribution in [3.05, 3.63) is 42.2 Å². The quantitative estimate of drug-likeness (QED) is 0.718. The number of carbonyl (C=O) groups is 1. The molecule has 0 bridgehead atoms. The Morgan fingerprint density at radius 1 is 1.28 bits per heavy atom. The summed E-state index contributed by atoms with van der Waals surface area (Å²) in [6.07, 6.45) is 4.52. The first-order valence-corrected chi connectivity index (χ1v) is 8.32. The van der Waals surface area contributed by atoms with Gasteiger partial charge in [-0.15, -0.1) is 10.2 Å². The second-order valence-corrected chi connectivity index (χ2v) is 6.73. The fourth-order valence-electron chi connectivity index (χ4n) is 3.07. The Morgan fingerprint density at radius 2 is 2.08 bits per heavy atom. The first-order chi connectivity index (χ1) is 12.0. The summed E-state index contributed by atoms with van der Waals surface area (Å²) in [6.45, 7) is 4.10. The summed E-state index contributed by atoms with van der Waals surface area (Å²) < 4.78 is 0. The Balaban J connectivity index is 1.73. The highest BCUT2D eigenvalue weighted by Gasteiger charge is 2.39. The molecule has 0 saturated heterocycles. The van der Waals surface area contributed by atoms with E-state index in [4.69, 9.17) is 5.73 Å². The highest BCUT2D eigenvalue weighted by molar-refractivity contribution is 5.98. The summed E-state index contributed by atoms with van der Waals surface area (Å²) in [5.74, 6) is 1.00. The molecule has 3 N–H and O–H groups in total. The molecule has 6 heteroatoms. The van der Waals surface area contributed by atoms with Gasteiger partial charge < -0.3 is 11.1 Å². The molecule has 25 heavy (non-hydrogen) atoms. The Hall–Kier alpha value is -3.02. The summed E-state index contributed by atoms with van der Waals surface area (Å²) in [6, 6.07) is 7.66. The maximum atomic E-state index is 12.1. The number of aromatic nitrogens is 3. The van der Waals surface area contributed by atoms with Crippen LogP contribution in [0.1, 0.15) is 18.9 Å². The van der Waals surface area contributed by atoms with E-state index in [1.54, 1.807) is 6.20 Å². The fraction of sp³-hybridized carbons (Fsp3) is 0.263. The molecule has 4 rings (SSSR count). The van der Waals surface area contributed by atoms with Gasteiger partial charge in [-0.3, -0.25) is 9.78 Å². The van der Waals surface area contributed by atoms with Crippen LogP contribution in [0.15, 0.2) is 36.7 Å². The van der Waals surface area contributed by atoms with Gasteiger partial charge in [-0.2, -0.15) is 0 Å². The topological polar surface area (TPSA) is 93.8 Å². The van der Waals surface area contributed by atoms with Crippen molar-refractivity contribution in [3.8, 4) is 11.1 Å². The maximum absolute atomic E-state index is 12.1. The molecule has 2 aromatic heterocycles. The Labute approximate surface area is 145 Å². The number of nitrogens with one attached hydrogen (secondary N) is 1. The van der Waals surface area contributed by atoms with Crippen LogP contribution in [0, 0.1) is 18.8 Å². The normalized spacial score (nSPS) is 19.0. The van der Waals surface area contributed by atoms with Gasteiger partial charge in [-0.1, -0.05) is 6.92 Å². The lowest BCUT2D eigenvalue weighted by Crippen LogP contribution is -2.15. The van der Waals surface area contributed by atoms with E-state index in [0.29, 0.717) is 22.9 Å². The summed E-state index contributed by atoms with van der Waals surface area (Å²) in [7, 11) is 0. The SMILES string of the molecule is Cc1ccncc1-c1cc(N)c2nnc(NC(=O)[C@@H]3C[C@H]3C)cc2c1. The number of anilines is 2. The molecular weight excluding hydrogens is 314 g/mol. The van der Waals surface area contributed by atoms with Crippen molar-refractivity contribution in [2.45, 2.75) is 20.3 Å². The van der Waals surface area contributed by atoms with E-state index in [-0.39, 0.29) is 11.8 Å². The number of hydrogen-bond donors (Lipinski definition) is 2. The molecule has 1 fully saturated rings. The molecule has 0 radical (unpaired) electrons. The van der Waals surface area contributed by atoms with Crippen LogP contribution in [0.5, 0.6) is 0 Å². The van der Waals surface area contributed by atoms with E-state index in [1.807, 2.05) is 37.4 Å². The van der Waals surface area contributed by atoms with E-state index in [1.165, 1.54) is 0 Å². The molecular formula is C19H19N5O. The Bertz CT molecular complexity index is 985. The van der Waals surface area contributed by atoms with Gasteiger partial charge in [0, 0.05) is 29.3 Å². The van der Waals surface area contributed by atoms with Crippen LogP contribution in [0.4, 0.5) is 11.5 Å². The number of aryl methyl sites for hydroxylation is 1. The average Bonchev–Trinajstić information content (AvgIpc) is 3.32. The van der Waals surface area contributed by atoms with E-state index >= 15 is 0 Å². The lowest BCUT2D eigenvalue weighted by atomic mass is 10.0. The number of nitrogen functional groups attached to an aromatic ring is 1. The van der Waals surface area contributed by atoms with Crippen LogP contribution in [-0.2, 0) is 4.79 Å². The molecule has 3 aromatic rings. The predicted molar refractivity (Wildman–Crippen MR) is 97.8 cm³/mol. The molecule has 2 atom stereocenters. The van der Waals surface area contributed by atoms with Crippen LogP contribution < -0.4 is 11.1 Å². The van der Waals surface area contributed by atoms with E-state index in [0.717, 1.165) is 28.5 Å². The number of nitrogens with zero attached hydrogens (tertiary/aromatic N) is 3. The zero-order valence-corrected chi connectivity index (χ0v) is 14.2. The molecule has 1 aliphatic carbocycles. The monoisotopic (exact) mass is 333 g/mol. The number of fused-ring (bicyclic) bond motifs is 1. The summed E-state index contributed by atoms with van der Waals surface area (Å²) in [4.78, 5) is 16.3. The number of hydrogen-bond acceptors (Lipinski definition) is 5. The third-order valence-electron chi connectivity index (χ3n) is 4.77. The standard InChI is InChI=1S/C19H19N5O/c1-10-3-4-21-9-15(10)12-6-13-8-17(22-19(25)14-5-11(14)2)23-24-18(13)16(20)7-12/h3-4,6-9,11,14H,5,20H2,1-2H3,(H,22,23,25)/t11-,14-/m1/s1. The van der Waals surface area contributed by atoms with Crippen LogP contribution >= 0.6 is 0 Å². The number of amides is 1. The molecule has 1 aromatic carbocycles. The predicted octanol–water partition coefficient (Wildman–Crippen LogP) is 3.18. The second-order valence-electron chi connectivity index (χ2n) is 6.73. The second kappa shape index (κ2) is 5.81. The third-order valence-corrected chi connectivity index (χ3v) is 4.77. The van der Waals surface area contributed by atoms with Crippen molar-refractivity contribution >= 4 is 28.3 Å². The minimum Gasteiger partial charge on any atom is -0.397 e. The van der Waals surface area contributed by atoms with Crippen LogP contribution in [-0.4, -0.2) is 21.1 Å². The van der Waals surface area contributed by atoms with Gasteiger partial charge in [0.15, 0.2) is 5.82 Å². The number of pyridine rings is 1. The van der Waals surface area contributed by atoms with Crippen LogP contribution in [0.25, 0.3) is 22.0 Å².